The highest BCUT2D eigenvalue weighted by molar-refractivity contribution is 7.86. The van der Waals surface area contributed by atoms with E-state index in [1.54, 1.807) is 48.5 Å². The van der Waals surface area contributed by atoms with E-state index in [4.69, 9.17) is 9.11 Å². The molecule has 0 aliphatic rings. The second-order valence-electron chi connectivity index (χ2n) is 14.8. The van der Waals surface area contributed by atoms with Gasteiger partial charge < -0.3 is 0 Å². The van der Waals surface area contributed by atoms with Crippen LogP contribution in [0.2, 0.25) is 0 Å². The third-order valence-corrected chi connectivity index (χ3v) is 11.1. The zero-order chi connectivity index (χ0) is 44.7. The van der Waals surface area contributed by atoms with Crippen molar-refractivity contribution in [2.24, 2.45) is 0 Å². The van der Waals surface area contributed by atoms with Crippen molar-refractivity contribution in [3.8, 4) is 0 Å². The molecule has 0 fully saturated rings. The van der Waals surface area contributed by atoms with Gasteiger partial charge in [0.1, 0.15) is 4.90 Å². The van der Waals surface area contributed by atoms with Crippen molar-refractivity contribution in [2.75, 3.05) is 0 Å². The molecule has 6 nitrogen and oxygen atoms in total. The predicted molar refractivity (Wildman–Crippen MR) is 258 cm³/mol. The van der Waals surface area contributed by atoms with E-state index in [-0.39, 0.29) is 9.79 Å². The van der Waals surface area contributed by atoms with E-state index in [1.165, 1.54) is 138 Å². The van der Waals surface area contributed by atoms with Crippen LogP contribution in [0.15, 0.2) is 143 Å². The van der Waals surface area contributed by atoms with Crippen molar-refractivity contribution in [2.45, 2.75) is 167 Å². The molecule has 0 heterocycles. The fraction of sp³-hybridized carbons (Fsp3) is 0.462. The van der Waals surface area contributed by atoms with Crippen LogP contribution in [0.5, 0.6) is 0 Å². The average Bonchev–Trinajstić information content (AvgIpc) is 3.25. The van der Waals surface area contributed by atoms with E-state index in [0.29, 0.717) is 5.39 Å². The lowest BCUT2D eigenvalue weighted by Crippen LogP contribution is -1.98. The standard InChI is InChI=1S/C13H12.C13H28.C10H8O3S.C6H6O3S.2C5H12/c1-3-7-12(8-4-1)11-13-9-5-2-6-10-13;1-3-5-7-9-11-13-12-10-8-6-4-2;11-14(12,13)10-7-3-5-8-4-1-2-6-9(8)10;7-10(8,9)6-4-2-1-3-5-6;2*1-3-5-4-2/h1-10H,11H2;3-13H2,1-2H3;1-7H,(H,11,12,13);1-5H,(H,7,8,9);2*3-5H2,1-2H3. The molecule has 60 heavy (non-hydrogen) atoms. The van der Waals surface area contributed by atoms with Gasteiger partial charge in [0.05, 0.1) is 4.90 Å². The Balaban J connectivity index is 0.000000723. The Kier molecular flexibility index (Phi) is 34.6. The smallest absolute Gasteiger partial charge is 0.282 e. The first kappa shape index (κ1) is 56.2. The minimum Gasteiger partial charge on any atom is -0.282 e. The van der Waals surface area contributed by atoms with Gasteiger partial charge in [0.15, 0.2) is 0 Å². The van der Waals surface area contributed by atoms with Crippen molar-refractivity contribution in [3.05, 3.63) is 145 Å². The van der Waals surface area contributed by atoms with Gasteiger partial charge in [-0.1, -0.05) is 266 Å². The van der Waals surface area contributed by atoms with E-state index in [0.717, 1.165) is 11.8 Å². The first-order valence-electron chi connectivity index (χ1n) is 22.4. The molecule has 0 radical (unpaired) electrons. The summed E-state index contributed by atoms with van der Waals surface area (Å²) in [6, 6.07) is 40.3. The lowest BCUT2D eigenvalue weighted by molar-refractivity contribution is 0.481. The zero-order valence-corrected chi connectivity index (χ0v) is 39.4. The van der Waals surface area contributed by atoms with Crippen molar-refractivity contribution in [1.29, 1.82) is 0 Å². The van der Waals surface area contributed by atoms with Crippen LogP contribution in [0.25, 0.3) is 10.8 Å². The Morgan fingerprint density at radius 2 is 0.683 bits per heavy atom. The highest BCUT2D eigenvalue weighted by atomic mass is 32.2. The van der Waals surface area contributed by atoms with Gasteiger partial charge >= 0.3 is 0 Å². The monoisotopic (exact) mass is 863 g/mol. The van der Waals surface area contributed by atoms with Crippen LogP contribution in [0.4, 0.5) is 0 Å². The fourth-order valence-corrected chi connectivity index (χ4v) is 7.10. The fourth-order valence-electron chi connectivity index (χ4n) is 5.89. The molecule has 0 amide bonds. The summed E-state index contributed by atoms with van der Waals surface area (Å²) in [5, 5.41) is 1.33. The molecular weight excluding hydrogens is 785 g/mol. The van der Waals surface area contributed by atoms with Crippen molar-refractivity contribution in [1.82, 2.24) is 0 Å². The third-order valence-electron chi connectivity index (χ3n) is 9.28. The normalized spacial score (nSPS) is 10.5. The van der Waals surface area contributed by atoms with Gasteiger partial charge in [0.2, 0.25) is 0 Å². The van der Waals surface area contributed by atoms with E-state index in [9.17, 15) is 16.8 Å². The van der Waals surface area contributed by atoms with E-state index in [2.05, 4.69) is 102 Å². The molecule has 5 aromatic carbocycles. The van der Waals surface area contributed by atoms with Gasteiger partial charge in [-0.3, -0.25) is 9.11 Å². The van der Waals surface area contributed by atoms with Crippen molar-refractivity contribution in [3.63, 3.8) is 0 Å². The highest BCUT2D eigenvalue weighted by Gasteiger charge is 2.12. The molecule has 0 atom stereocenters. The van der Waals surface area contributed by atoms with Gasteiger partial charge in [0.25, 0.3) is 20.2 Å². The molecule has 0 aliphatic heterocycles. The Hall–Kier alpha value is -3.82. The Labute approximate surface area is 366 Å². The van der Waals surface area contributed by atoms with Gasteiger partial charge in [0, 0.05) is 5.39 Å². The van der Waals surface area contributed by atoms with Crippen LogP contribution in [-0.4, -0.2) is 25.9 Å². The maximum absolute atomic E-state index is 11.0. The van der Waals surface area contributed by atoms with Crippen molar-refractivity contribution < 1.29 is 25.9 Å². The number of fused-ring (bicyclic) bond motifs is 1. The molecule has 0 bridgehead atoms. The summed E-state index contributed by atoms with van der Waals surface area (Å²) in [6.07, 6.45) is 25.1. The molecule has 0 spiro atoms. The van der Waals surface area contributed by atoms with Crippen LogP contribution in [0.3, 0.4) is 0 Å². The molecule has 8 heteroatoms. The number of hydrogen-bond acceptors (Lipinski definition) is 4. The zero-order valence-electron chi connectivity index (χ0n) is 37.8. The topological polar surface area (TPSA) is 109 Å². The number of hydrogen-bond donors (Lipinski definition) is 2. The summed E-state index contributed by atoms with van der Waals surface area (Å²) < 4.78 is 60.2. The lowest BCUT2D eigenvalue weighted by atomic mass is 10.1. The molecule has 0 aliphatic carbocycles. The van der Waals surface area contributed by atoms with E-state index in [1.807, 2.05) is 6.07 Å². The molecule has 0 saturated carbocycles. The number of rotatable bonds is 18. The van der Waals surface area contributed by atoms with Gasteiger partial charge in [-0.25, -0.2) is 0 Å². The SMILES string of the molecule is CCCCC.CCCCC.CCCCCCCCCCCCC.O=S(=O)(O)c1cccc2ccccc12.O=S(=O)(O)c1ccccc1.c1ccc(Cc2ccccc2)cc1. The highest BCUT2D eigenvalue weighted by Crippen LogP contribution is 2.22. The molecule has 5 rings (SSSR count). The summed E-state index contributed by atoms with van der Waals surface area (Å²) in [5.74, 6) is 0. The molecule has 0 unspecified atom stereocenters. The Morgan fingerprint density at radius 3 is 1.02 bits per heavy atom. The van der Waals surface area contributed by atoms with Crippen LogP contribution >= 0.6 is 0 Å². The molecule has 5 aromatic rings. The molecule has 2 N–H and O–H groups in total. The van der Waals surface area contributed by atoms with E-state index < -0.39 is 20.2 Å². The summed E-state index contributed by atoms with van der Waals surface area (Å²) in [6.45, 7) is 13.4. The van der Waals surface area contributed by atoms with Crippen LogP contribution in [-0.2, 0) is 26.7 Å². The summed E-state index contributed by atoms with van der Waals surface area (Å²) in [4.78, 5) is -0.120. The average molecular weight is 863 g/mol. The van der Waals surface area contributed by atoms with Gasteiger partial charge in [-0.15, -0.1) is 0 Å². The number of unbranched alkanes of at least 4 members (excludes halogenated alkanes) is 14. The van der Waals surface area contributed by atoms with Gasteiger partial charge in [-0.05, 0) is 41.1 Å². The summed E-state index contributed by atoms with van der Waals surface area (Å²) in [5.41, 5.74) is 2.74. The minimum absolute atomic E-state index is 0.0457. The first-order valence-corrected chi connectivity index (χ1v) is 25.3. The molecular formula is C52H78O6S2. The maximum Gasteiger partial charge on any atom is 0.295 e. The maximum atomic E-state index is 11.0. The minimum atomic E-state index is -4.13. The lowest BCUT2D eigenvalue weighted by Gasteiger charge is -2.02. The van der Waals surface area contributed by atoms with Gasteiger partial charge in [-0.2, -0.15) is 16.8 Å². The molecule has 334 valence electrons. The van der Waals surface area contributed by atoms with Crippen LogP contribution in [0, 0.1) is 0 Å². The number of benzene rings is 5. The predicted octanol–water partition coefficient (Wildman–Crippen LogP) is 16.0. The van der Waals surface area contributed by atoms with Crippen LogP contribution < -0.4 is 0 Å². The Bertz CT molecular complexity index is 1850. The second-order valence-corrected chi connectivity index (χ2v) is 17.6. The summed E-state index contributed by atoms with van der Waals surface area (Å²) >= 11 is 0. The first-order chi connectivity index (χ1) is 28.9. The quantitative estimate of drug-likeness (QED) is 0.0671. The third kappa shape index (κ3) is 30.2. The largest absolute Gasteiger partial charge is 0.295 e. The van der Waals surface area contributed by atoms with E-state index >= 15 is 0 Å². The molecule has 0 aromatic heterocycles. The van der Waals surface area contributed by atoms with Crippen LogP contribution in [0.1, 0.15) is 162 Å². The molecule has 0 saturated heterocycles. The second kappa shape index (κ2) is 37.0. The summed E-state index contributed by atoms with van der Waals surface area (Å²) in [7, 11) is -8.13. The Morgan fingerprint density at radius 1 is 0.350 bits per heavy atom. The van der Waals surface area contributed by atoms with Crippen molar-refractivity contribution >= 4 is 31.0 Å².